The number of aromatic nitrogens is 1. The Kier molecular flexibility index (Phi) is 5.72. The molecule has 2 fully saturated rings. The molecular formula is C19H29N3O2. The minimum Gasteiger partial charge on any atom is -0.377 e. The number of nitrogens with zero attached hydrogens (tertiary/aromatic N) is 3. The zero-order chi connectivity index (χ0) is 16.9. The van der Waals surface area contributed by atoms with E-state index in [9.17, 15) is 4.79 Å². The molecule has 0 N–H and O–H groups in total. The lowest BCUT2D eigenvalue weighted by Gasteiger charge is -2.37. The molecule has 3 rings (SSSR count). The maximum Gasteiger partial charge on any atom is 0.258 e. The fraction of sp³-hybridized carbons (Fsp3) is 0.684. The molecule has 1 saturated heterocycles. The van der Waals surface area contributed by atoms with E-state index < -0.39 is 0 Å². The summed E-state index contributed by atoms with van der Waals surface area (Å²) in [5.74, 6) is 0.923. The van der Waals surface area contributed by atoms with Crippen molar-refractivity contribution in [3.63, 3.8) is 0 Å². The summed E-state index contributed by atoms with van der Waals surface area (Å²) in [4.78, 5) is 21.9. The molecule has 1 amide bonds. The van der Waals surface area contributed by atoms with E-state index >= 15 is 0 Å². The second kappa shape index (κ2) is 7.97. The molecule has 2 heterocycles. The van der Waals surface area contributed by atoms with E-state index in [2.05, 4.69) is 23.9 Å². The van der Waals surface area contributed by atoms with Crippen LogP contribution in [0.3, 0.4) is 0 Å². The van der Waals surface area contributed by atoms with Crippen LogP contribution < -0.4 is 4.90 Å². The predicted molar refractivity (Wildman–Crippen MR) is 95.4 cm³/mol. The van der Waals surface area contributed by atoms with Crippen molar-refractivity contribution in [2.75, 3.05) is 31.7 Å². The molecule has 5 nitrogen and oxygen atoms in total. The second-order valence-corrected chi connectivity index (χ2v) is 6.91. The number of hydrogen-bond donors (Lipinski definition) is 0. The molecule has 24 heavy (non-hydrogen) atoms. The van der Waals surface area contributed by atoms with Gasteiger partial charge in [0.2, 0.25) is 0 Å². The fourth-order valence-corrected chi connectivity index (χ4v) is 3.90. The Balaban J connectivity index is 1.83. The Morgan fingerprint density at radius 3 is 2.92 bits per heavy atom. The summed E-state index contributed by atoms with van der Waals surface area (Å²) >= 11 is 0. The largest absolute Gasteiger partial charge is 0.377 e. The SMILES string of the molecule is CC[C@H]1COCCN1C(=O)c1cccnc1N(C)C1CCCCC1. The van der Waals surface area contributed by atoms with Crippen molar-refractivity contribution in [2.24, 2.45) is 0 Å². The number of rotatable bonds is 4. The zero-order valence-corrected chi connectivity index (χ0v) is 14.9. The van der Waals surface area contributed by atoms with Gasteiger partial charge in [-0.25, -0.2) is 4.98 Å². The van der Waals surface area contributed by atoms with Crippen LogP contribution in [0.5, 0.6) is 0 Å². The van der Waals surface area contributed by atoms with Crippen LogP contribution in [-0.4, -0.2) is 54.7 Å². The first-order valence-corrected chi connectivity index (χ1v) is 9.29. The van der Waals surface area contributed by atoms with Crippen molar-refractivity contribution < 1.29 is 9.53 Å². The van der Waals surface area contributed by atoms with Crippen molar-refractivity contribution >= 4 is 11.7 Å². The molecule has 1 aliphatic heterocycles. The molecule has 0 aromatic carbocycles. The molecule has 1 atom stereocenters. The molecule has 1 aromatic heterocycles. The van der Waals surface area contributed by atoms with Gasteiger partial charge in [0.05, 0.1) is 24.8 Å². The van der Waals surface area contributed by atoms with Gasteiger partial charge < -0.3 is 14.5 Å². The summed E-state index contributed by atoms with van der Waals surface area (Å²) in [6, 6.07) is 4.45. The summed E-state index contributed by atoms with van der Waals surface area (Å²) in [6.07, 6.45) is 8.96. The number of amides is 1. The highest BCUT2D eigenvalue weighted by Crippen LogP contribution is 2.28. The van der Waals surface area contributed by atoms with Crippen LogP contribution in [0, 0.1) is 0 Å². The van der Waals surface area contributed by atoms with Crippen LogP contribution in [0.1, 0.15) is 55.8 Å². The Morgan fingerprint density at radius 1 is 1.38 bits per heavy atom. The molecule has 132 valence electrons. The summed E-state index contributed by atoms with van der Waals surface area (Å²) in [7, 11) is 2.09. The smallest absolute Gasteiger partial charge is 0.258 e. The lowest BCUT2D eigenvalue weighted by molar-refractivity contribution is -0.00278. The van der Waals surface area contributed by atoms with Crippen molar-refractivity contribution in [3.05, 3.63) is 23.9 Å². The predicted octanol–water partition coefficient (Wildman–Crippen LogP) is 3.10. The lowest BCUT2D eigenvalue weighted by Crippen LogP contribution is -2.48. The molecule has 1 aromatic rings. The summed E-state index contributed by atoms with van der Waals surface area (Å²) in [6.45, 7) is 4.03. The second-order valence-electron chi connectivity index (χ2n) is 6.91. The van der Waals surface area contributed by atoms with E-state index in [1.54, 1.807) is 6.20 Å². The number of carbonyl (C=O) groups excluding carboxylic acids is 1. The lowest BCUT2D eigenvalue weighted by atomic mass is 9.94. The normalized spacial score (nSPS) is 22.4. The van der Waals surface area contributed by atoms with Crippen LogP contribution in [-0.2, 0) is 4.74 Å². The van der Waals surface area contributed by atoms with Crippen LogP contribution in [0.2, 0.25) is 0 Å². The summed E-state index contributed by atoms with van der Waals surface area (Å²) in [5.41, 5.74) is 0.728. The van der Waals surface area contributed by atoms with Crippen molar-refractivity contribution in [3.8, 4) is 0 Å². The van der Waals surface area contributed by atoms with E-state index in [1.165, 1.54) is 32.1 Å². The van der Waals surface area contributed by atoms with Gasteiger partial charge >= 0.3 is 0 Å². The van der Waals surface area contributed by atoms with E-state index in [0.29, 0.717) is 25.8 Å². The Bertz CT molecular complexity index is 557. The minimum absolute atomic E-state index is 0.0934. The van der Waals surface area contributed by atoms with Gasteiger partial charge in [-0.2, -0.15) is 0 Å². The number of hydrogen-bond acceptors (Lipinski definition) is 4. The topological polar surface area (TPSA) is 45.7 Å². The highest BCUT2D eigenvalue weighted by molar-refractivity contribution is 5.99. The molecule has 0 bridgehead atoms. The van der Waals surface area contributed by atoms with Crippen LogP contribution in [0.4, 0.5) is 5.82 Å². The van der Waals surface area contributed by atoms with Crippen molar-refractivity contribution in [1.29, 1.82) is 0 Å². The molecule has 1 aliphatic carbocycles. The third-order valence-electron chi connectivity index (χ3n) is 5.43. The van der Waals surface area contributed by atoms with Gasteiger partial charge in [-0.3, -0.25) is 4.79 Å². The Morgan fingerprint density at radius 2 is 2.17 bits per heavy atom. The first-order chi connectivity index (χ1) is 11.7. The van der Waals surface area contributed by atoms with Gasteiger partial charge in [-0.15, -0.1) is 0 Å². The van der Waals surface area contributed by atoms with Gasteiger partial charge in [-0.1, -0.05) is 26.2 Å². The molecule has 2 aliphatic rings. The first kappa shape index (κ1) is 17.2. The van der Waals surface area contributed by atoms with E-state index in [0.717, 1.165) is 17.8 Å². The van der Waals surface area contributed by atoms with E-state index in [1.807, 2.05) is 17.0 Å². The first-order valence-electron chi connectivity index (χ1n) is 9.29. The molecule has 0 spiro atoms. The molecule has 0 unspecified atom stereocenters. The number of carbonyl (C=O) groups is 1. The summed E-state index contributed by atoms with van der Waals surface area (Å²) in [5, 5.41) is 0. The molecular weight excluding hydrogens is 302 g/mol. The molecule has 0 radical (unpaired) electrons. The molecule has 5 heteroatoms. The van der Waals surface area contributed by atoms with Gasteiger partial charge in [0.15, 0.2) is 0 Å². The Labute approximate surface area is 145 Å². The Hall–Kier alpha value is -1.62. The quantitative estimate of drug-likeness (QED) is 0.850. The maximum atomic E-state index is 13.2. The van der Waals surface area contributed by atoms with Gasteiger partial charge in [0, 0.05) is 25.8 Å². The highest BCUT2D eigenvalue weighted by Gasteiger charge is 2.30. The van der Waals surface area contributed by atoms with E-state index in [4.69, 9.17) is 4.74 Å². The maximum absolute atomic E-state index is 13.2. The zero-order valence-electron chi connectivity index (χ0n) is 14.9. The monoisotopic (exact) mass is 331 g/mol. The summed E-state index contributed by atoms with van der Waals surface area (Å²) < 4.78 is 5.54. The van der Waals surface area contributed by atoms with Gasteiger partial charge in [0.1, 0.15) is 5.82 Å². The van der Waals surface area contributed by atoms with Gasteiger partial charge in [-0.05, 0) is 31.4 Å². The average Bonchev–Trinajstić information content (AvgIpc) is 2.67. The highest BCUT2D eigenvalue weighted by atomic mass is 16.5. The van der Waals surface area contributed by atoms with Crippen molar-refractivity contribution in [1.82, 2.24) is 9.88 Å². The van der Waals surface area contributed by atoms with Crippen LogP contribution in [0.25, 0.3) is 0 Å². The molecule has 1 saturated carbocycles. The van der Waals surface area contributed by atoms with Crippen molar-refractivity contribution in [2.45, 2.75) is 57.5 Å². The minimum atomic E-state index is 0.0934. The number of anilines is 1. The third-order valence-corrected chi connectivity index (χ3v) is 5.43. The van der Waals surface area contributed by atoms with Crippen LogP contribution in [0.15, 0.2) is 18.3 Å². The van der Waals surface area contributed by atoms with Gasteiger partial charge in [0.25, 0.3) is 5.91 Å². The van der Waals surface area contributed by atoms with E-state index in [-0.39, 0.29) is 11.9 Å². The average molecular weight is 331 g/mol. The number of morpholine rings is 1. The number of pyridine rings is 1. The standard InChI is InChI=1S/C19H29N3O2/c1-3-15-14-24-13-12-22(15)19(23)17-10-7-11-20-18(17)21(2)16-8-5-4-6-9-16/h7,10-11,15-16H,3-6,8-9,12-14H2,1-2H3/t15-/m0/s1. The fourth-order valence-electron chi connectivity index (χ4n) is 3.90. The number of ether oxygens (including phenoxy) is 1. The van der Waals surface area contributed by atoms with Crippen LogP contribution >= 0.6 is 0 Å². The third kappa shape index (κ3) is 3.56.